The van der Waals surface area contributed by atoms with Crippen LogP contribution in [-0.4, -0.2) is 55.1 Å². The molecule has 0 saturated heterocycles. The average Bonchev–Trinajstić information content (AvgIpc) is 2.83. The molecule has 8 nitrogen and oxygen atoms in total. The lowest BCUT2D eigenvalue weighted by atomic mass is 9.61. The van der Waals surface area contributed by atoms with Crippen molar-refractivity contribution in [2.75, 3.05) is 20.7 Å². The van der Waals surface area contributed by atoms with Gasteiger partial charge in [-0.05, 0) is 55.2 Å². The Morgan fingerprint density at radius 1 is 1.37 bits per heavy atom. The van der Waals surface area contributed by atoms with E-state index in [4.69, 9.17) is 15.2 Å². The molecule has 3 rings (SSSR count). The van der Waals surface area contributed by atoms with Gasteiger partial charge in [0.1, 0.15) is 6.10 Å². The highest BCUT2D eigenvalue weighted by molar-refractivity contribution is 5.77. The summed E-state index contributed by atoms with van der Waals surface area (Å²) in [6.45, 7) is 4.18. The first-order chi connectivity index (χ1) is 16.7. The van der Waals surface area contributed by atoms with Gasteiger partial charge in [0.2, 0.25) is 0 Å². The number of phenolic OH excluding ortho intramolecular Hbond substituents is 1. The third-order valence-electron chi connectivity index (χ3n) is 7.67. The molecule has 0 heterocycles. The number of aromatic hydroxyl groups is 1. The number of esters is 1. The monoisotopic (exact) mass is 485 g/mol. The Hall–Kier alpha value is -2.92. The summed E-state index contributed by atoms with van der Waals surface area (Å²) in [5.41, 5.74) is 6.53. The molecule has 0 spiro atoms. The SMILES string of the molecule is CN=C(N)NC[C@]12C#CC[C@H](Cc3ccc(O)c(OC)c3)[C@@H](OC(C)=O)C[C@@H](O)[C@H](CC[C@H]1C)C2. The van der Waals surface area contributed by atoms with Crippen molar-refractivity contribution in [2.24, 2.45) is 33.9 Å². The second-order valence-electron chi connectivity index (χ2n) is 9.99. The van der Waals surface area contributed by atoms with E-state index in [1.54, 1.807) is 19.2 Å². The van der Waals surface area contributed by atoms with Crippen LogP contribution in [0.25, 0.3) is 0 Å². The number of rotatable bonds is 6. The zero-order valence-electron chi connectivity index (χ0n) is 21.2. The Bertz CT molecular complexity index is 985. The number of methoxy groups -OCH3 is 1. The number of aliphatic imine (C=N–C) groups is 1. The highest BCUT2D eigenvalue weighted by atomic mass is 16.5. The number of guanidine groups is 1. The molecular formula is C27H39N3O5. The van der Waals surface area contributed by atoms with Crippen LogP contribution < -0.4 is 15.8 Å². The maximum atomic E-state index is 12.0. The first kappa shape index (κ1) is 26.7. The number of carbonyl (C=O) groups is 1. The van der Waals surface area contributed by atoms with Gasteiger partial charge in [-0.25, -0.2) is 0 Å². The number of hydrogen-bond acceptors (Lipinski definition) is 6. The van der Waals surface area contributed by atoms with Gasteiger partial charge in [0.15, 0.2) is 17.5 Å². The van der Waals surface area contributed by atoms with Crippen molar-refractivity contribution in [3.8, 4) is 23.3 Å². The number of fused-ring (bicyclic) bond motifs is 2. The lowest BCUT2D eigenvalue weighted by molar-refractivity contribution is -0.151. The number of hydrogen-bond donors (Lipinski definition) is 4. The fraction of sp³-hybridized carbons (Fsp3) is 0.630. The van der Waals surface area contributed by atoms with E-state index in [1.165, 1.54) is 14.0 Å². The molecule has 1 fully saturated rings. The van der Waals surface area contributed by atoms with Crippen molar-refractivity contribution >= 4 is 11.9 Å². The molecule has 0 amide bonds. The quantitative estimate of drug-likeness (QED) is 0.211. The highest BCUT2D eigenvalue weighted by Gasteiger charge is 2.44. The maximum Gasteiger partial charge on any atom is 0.302 e. The van der Waals surface area contributed by atoms with Crippen molar-refractivity contribution < 1.29 is 24.5 Å². The van der Waals surface area contributed by atoms with Crippen molar-refractivity contribution in [3.63, 3.8) is 0 Å². The smallest absolute Gasteiger partial charge is 0.302 e. The number of benzene rings is 1. The molecule has 0 unspecified atom stereocenters. The molecule has 0 aliphatic heterocycles. The highest BCUT2D eigenvalue weighted by Crippen LogP contribution is 2.46. The number of nitrogens with zero attached hydrogens (tertiary/aromatic N) is 1. The van der Waals surface area contributed by atoms with Crippen molar-refractivity contribution in [2.45, 2.75) is 64.6 Å². The Balaban J connectivity index is 1.97. The van der Waals surface area contributed by atoms with Crippen LogP contribution in [0.15, 0.2) is 23.2 Å². The van der Waals surface area contributed by atoms with E-state index in [9.17, 15) is 15.0 Å². The molecule has 2 aliphatic rings. The summed E-state index contributed by atoms with van der Waals surface area (Å²) >= 11 is 0. The van der Waals surface area contributed by atoms with Crippen molar-refractivity contribution in [1.29, 1.82) is 0 Å². The number of aliphatic hydroxyl groups excluding tert-OH is 1. The van der Waals surface area contributed by atoms with E-state index in [2.05, 4.69) is 29.1 Å². The van der Waals surface area contributed by atoms with Crippen molar-refractivity contribution in [1.82, 2.24) is 5.32 Å². The number of ether oxygens (including phenoxy) is 2. The van der Waals surface area contributed by atoms with Crippen LogP contribution in [0.1, 0.15) is 51.5 Å². The fourth-order valence-electron chi connectivity index (χ4n) is 5.46. The molecule has 192 valence electrons. The lowest BCUT2D eigenvalue weighted by Crippen LogP contribution is -2.48. The number of aliphatic hydroxyl groups is 1. The number of phenols is 1. The molecule has 2 aliphatic carbocycles. The second kappa shape index (κ2) is 11.7. The minimum absolute atomic E-state index is 0.0488. The van der Waals surface area contributed by atoms with Crippen LogP contribution in [0, 0.1) is 35.0 Å². The van der Waals surface area contributed by atoms with Crippen LogP contribution in [0.5, 0.6) is 11.5 Å². The van der Waals surface area contributed by atoms with Gasteiger partial charge in [0.05, 0.1) is 18.6 Å². The predicted molar refractivity (Wildman–Crippen MR) is 135 cm³/mol. The van der Waals surface area contributed by atoms with Gasteiger partial charge in [0, 0.05) is 39.3 Å². The molecule has 1 saturated carbocycles. The van der Waals surface area contributed by atoms with Gasteiger partial charge in [-0.2, -0.15) is 0 Å². The molecule has 0 radical (unpaired) electrons. The largest absolute Gasteiger partial charge is 0.504 e. The molecule has 8 heteroatoms. The summed E-state index contributed by atoms with van der Waals surface area (Å²) in [5.74, 6) is 7.71. The van der Waals surface area contributed by atoms with E-state index in [1.807, 2.05) is 6.07 Å². The van der Waals surface area contributed by atoms with Crippen LogP contribution in [0.2, 0.25) is 0 Å². The van der Waals surface area contributed by atoms with Gasteiger partial charge in [-0.15, -0.1) is 5.92 Å². The average molecular weight is 486 g/mol. The Kier molecular flexibility index (Phi) is 8.90. The first-order valence-corrected chi connectivity index (χ1v) is 12.3. The number of nitrogens with one attached hydrogen (secondary N) is 1. The summed E-state index contributed by atoms with van der Waals surface area (Å²) < 4.78 is 11.0. The lowest BCUT2D eigenvalue weighted by Gasteiger charge is -2.45. The van der Waals surface area contributed by atoms with E-state index in [0.717, 1.165) is 24.8 Å². The van der Waals surface area contributed by atoms with Gasteiger partial charge in [-0.3, -0.25) is 9.79 Å². The molecule has 1 aromatic rings. The first-order valence-electron chi connectivity index (χ1n) is 12.3. The number of nitrogens with two attached hydrogens (primary N) is 1. The van der Waals surface area contributed by atoms with E-state index in [0.29, 0.717) is 43.4 Å². The topological polar surface area (TPSA) is 126 Å². The molecule has 5 N–H and O–H groups in total. The van der Waals surface area contributed by atoms with Gasteiger partial charge >= 0.3 is 5.97 Å². The second-order valence-corrected chi connectivity index (χ2v) is 9.99. The normalized spacial score (nSPS) is 31.0. The third kappa shape index (κ3) is 6.61. The zero-order valence-corrected chi connectivity index (χ0v) is 21.2. The molecule has 0 aromatic heterocycles. The fourth-order valence-corrected chi connectivity index (χ4v) is 5.46. The summed E-state index contributed by atoms with van der Waals surface area (Å²) in [5, 5.41) is 24.5. The minimum atomic E-state index is -0.611. The Morgan fingerprint density at radius 3 is 2.83 bits per heavy atom. The van der Waals surface area contributed by atoms with Gasteiger partial charge in [-0.1, -0.05) is 18.9 Å². The third-order valence-corrected chi connectivity index (χ3v) is 7.67. The zero-order chi connectivity index (χ0) is 25.6. The summed E-state index contributed by atoms with van der Waals surface area (Å²) in [6, 6.07) is 5.22. The Labute approximate surface area is 208 Å². The van der Waals surface area contributed by atoms with Gasteiger partial charge < -0.3 is 30.7 Å². The summed E-state index contributed by atoms with van der Waals surface area (Å²) in [6.07, 6.45) is 2.96. The molecule has 1 aromatic carbocycles. The summed E-state index contributed by atoms with van der Waals surface area (Å²) in [4.78, 5) is 16.0. The molecular weight excluding hydrogens is 446 g/mol. The Morgan fingerprint density at radius 2 is 2.14 bits per heavy atom. The van der Waals surface area contributed by atoms with E-state index in [-0.39, 0.29) is 29.0 Å². The van der Waals surface area contributed by atoms with Crippen LogP contribution in [-0.2, 0) is 16.0 Å². The minimum Gasteiger partial charge on any atom is -0.504 e. The van der Waals surface area contributed by atoms with E-state index >= 15 is 0 Å². The van der Waals surface area contributed by atoms with Crippen LogP contribution >= 0.6 is 0 Å². The van der Waals surface area contributed by atoms with Crippen LogP contribution in [0.3, 0.4) is 0 Å². The standard InChI is InChI=1S/C27H39N3O5/c1-17-7-9-21-15-27(17,16-30-26(28)29-3)11-5-6-20(24(14-23(21)33)35-18(2)31)12-19-8-10-22(32)25(13-19)34-4/h8,10,13,17,20-21,23-24,32-33H,6-7,9,12,14-16H2,1-4H3,(H3,28,29,30)/t17-,20-,21-,23-,24+,27-/m1/s1. The van der Waals surface area contributed by atoms with Crippen molar-refractivity contribution in [3.05, 3.63) is 23.8 Å². The predicted octanol–water partition coefficient (Wildman–Crippen LogP) is 2.61. The van der Waals surface area contributed by atoms with Gasteiger partial charge in [0.25, 0.3) is 0 Å². The maximum absolute atomic E-state index is 12.0. The van der Waals surface area contributed by atoms with E-state index < -0.39 is 12.2 Å². The summed E-state index contributed by atoms with van der Waals surface area (Å²) in [7, 11) is 3.16. The molecule has 35 heavy (non-hydrogen) atoms. The van der Waals surface area contributed by atoms with Crippen LogP contribution in [0.4, 0.5) is 0 Å². The molecule has 2 bridgehead atoms. The number of carbonyl (C=O) groups excluding carboxylic acids is 1. The molecule has 6 atom stereocenters.